The van der Waals surface area contributed by atoms with Crippen LogP contribution < -0.4 is 10.6 Å². The van der Waals surface area contributed by atoms with Crippen LogP contribution in [0, 0.1) is 13.8 Å². The fourth-order valence-electron chi connectivity index (χ4n) is 2.08. The molecule has 0 saturated heterocycles. The highest BCUT2D eigenvalue weighted by Crippen LogP contribution is 2.22. The van der Waals surface area contributed by atoms with E-state index in [1.54, 1.807) is 18.4 Å². The van der Waals surface area contributed by atoms with Crippen LogP contribution in [0.4, 0.5) is 0 Å². The fourth-order valence-corrected chi connectivity index (χ4v) is 3.58. The van der Waals surface area contributed by atoms with Crippen molar-refractivity contribution in [3.8, 4) is 0 Å². The molecule has 6 heteroatoms. The molecule has 1 atom stereocenters. The highest BCUT2D eigenvalue weighted by molar-refractivity contribution is 9.10. The second-order valence-electron chi connectivity index (χ2n) is 5.06. The highest BCUT2D eigenvalue weighted by Gasteiger charge is 2.11. The van der Waals surface area contributed by atoms with Crippen LogP contribution in [-0.4, -0.2) is 18.0 Å². The van der Waals surface area contributed by atoms with Crippen molar-refractivity contribution in [1.29, 1.82) is 0 Å². The summed E-state index contributed by atoms with van der Waals surface area (Å²) in [6, 6.07) is 8.35. The first-order valence-corrected chi connectivity index (χ1v) is 8.76. The van der Waals surface area contributed by atoms with Crippen molar-refractivity contribution < 1.29 is 0 Å². The number of thiazole rings is 1. The third-order valence-electron chi connectivity index (χ3n) is 3.43. The summed E-state index contributed by atoms with van der Waals surface area (Å²) in [7, 11) is 1.78. The number of guanidine groups is 1. The molecule has 1 unspecified atom stereocenters. The Bertz CT molecular complexity index is 646. The van der Waals surface area contributed by atoms with E-state index in [-0.39, 0.29) is 6.04 Å². The van der Waals surface area contributed by atoms with Gasteiger partial charge in [0.15, 0.2) is 5.96 Å². The van der Waals surface area contributed by atoms with E-state index in [4.69, 9.17) is 0 Å². The molecule has 0 saturated carbocycles. The minimum Gasteiger partial charge on any atom is -0.350 e. The lowest BCUT2D eigenvalue weighted by Gasteiger charge is -2.19. The molecule has 2 N–H and O–H groups in total. The van der Waals surface area contributed by atoms with Gasteiger partial charge in [-0.1, -0.05) is 34.1 Å². The lowest BCUT2D eigenvalue weighted by atomic mass is 10.1. The number of halogens is 1. The van der Waals surface area contributed by atoms with Crippen LogP contribution in [0.2, 0.25) is 0 Å². The normalized spacial score (nSPS) is 13.0. The number of hydrogen-bond donors (Lipinski definition) is 2. The molecule has 1 heterocycles. The van der Waals surface area contributed by atoms with Crippen molar-refractivity contribution >= 4 is 33.2 Å². The molecule has 2 aromatic rings. The molecule has 4 nitrogen and oxygen atoms in total. The zero-order chi connectivity index (χ0) is 16.1. The Morgan fingerprint density at radius 1 is 1.36 bits per heavy atom. The molecule has 0 aliphatic heterocycles. The zero-order valence-electron chi connectivity index (χ0n) is 13.3. The second kappa shape index (κ2) is 7.74. The Morgan fingerprint density at radius 2 is 2.09 bits per heavy atom. The Labute approximate surface area is 144 Å². The molecule has 1 aromatic carbocycles. The van der Waals surface area contributed by atoms with E-state index in [2.05, 4.69) is 56.5 Å². The number of hydrogen-bond acceptors (Lipinski definition) is 3. The van der Waals surface area contributed by atoms with E-state index in [9.17, 15) is 0 Å². The van der Waals surface area contributed by atoms with E-state index in [1.165, 1.54) is 10.4 Å². The zero-order valence-corrected chi connectivity index (χ0v) is 15.7. The van der Waals surface area contributed by atoms with Crippen molar-refractivity contribution in [2.45, 2.75) is 33.4 Å². The van der Waals surface area contributed by atoms with E-state index in [0.29, 0.717) is 6.54 Å². The van der Waals surface area contributed by atoms with Gasteiger partial charge < -0.3 is 10.6 Å². The summed E-state index contributed by atoms with van der Waals surface area (Å²) in [6.45, 7) is 6.93. The maximum Gasteiger partial charge on any atom is 0.191 e. The molecule has 1 aromatic heterocycles. The monoisotopic (exact) mass is 380 g/mol. The van der Waals surface area contributed by atoms with Gasteiger partial charge in [0.1, 0.15) is 5.01 Å². The summed E-state index contributed by atoms with van der Waals surface area (Å²) >= 11 is 5.31. The summed E-state index contributed by atoms with van der Waals surface area (Å²) in [5.74, 6) is 0.772. The summed E-state index contributed by atoms with van der Waals surface area (Å²) in [6.07, 6.45) is 0. The largest absolute Gasteiger partial charge is 0.350 e. The molecule has 0 bridgehead atoms. The number of aryl methyl sites for hydroxylation is 2. The molecular formula is C16H21BrN4S. The van der Waals surface area contributed by atoms with Crippen LogP contribution in [0.1, 0.15) is 34.1 Å². The Hall–Kier alpha value is -1.40. The average molecular weight is 381 g/mol. The minimum atomic E-state index is 0.154. The van der Waals surface area contributed by atoms with Crippen molar-refractivity contribution in [3.05, 3.63) is 49.9 Å². The van der Waals surface area contributed by atoms with Gasteiger partial charge in [-0.3, -0.25) is 4.99 Å². The Kier molecular flexibility index (Phi) is 5.97. The lowest BCUT2D eigenvalue weighted by Crippen LogP contribution is -2.38. The van der Waals surface area contributed by atoms with Gasteiger partial charge in [-0.15, -0.1) is 11.3 Å². The summed E-state index contributed by atoms with van der Waals surface area (Å²) in [4.78, 5) is 10.1. The molecule has 0 radical (unpaired) electrons. The van der Waals surface area contributed by atoms with Gasteiger partial charge in [-0.05, 0) is 32.4 Å². The lowest BCUT2D eigenvalue weighted by molar-refractivity contribution is 0.682. The van der Waals surface area contributed by atoms with Crippen LogP contribution in [0.25, 0.3) is 0 Å². The van der Waals surface area contributed by atoms with Crippen LogP contribution >= 0.6 is 27.3 Å². The van der Waals surface area contributed by atoms with Crippen LogP contribution in [-0.2, 0) is 6.54 Å². The topological polar surface area (TPSA) is 49.3 Å². The first-order valence-electron chi connectivity index (χ1n) is 7.15. The standard InChI is InChI=1S/C16H21BrN4S/c1-10-12(3)22-15(20-10)9-19-16(18-4)21-11(2)13-7-5-6-8-14(13)17/h5-8,11H,9H2,1-4H3,(H2,18,19,21). The van der Waals surface area contributed by atoms with Gasteiger partial charge in [0, 0.05) is 16.4 Å². The van der Waals surface area contributed by atoms with Crippen LogP contribution in [0.3, 0.4) is 0 Å². The van der Waals surface area contributed by atoms with Crippen molar-refractivity contribution in [2.75, 3.05) is 7.05 Å². The fraction of sp³-hybridized carbons (Fsp3) is 0.375. The molecular weight excluding hydrogens is 360 g/mol. The van der Waals surface area contributed by atoms with Gasteiger partial charge >= 0.3 is 0 Å². The first-order chi connectivity index (χ1) is 10.5. The maximum absolute atomic E-state index is 4.53. The number of aliphatic imine (C=N–C) groups is 1. The maximum atomic E-state index is 4.53. The van der Waals surface area contributed by atoms with Crippen molar-refractivity contribution in [2.24, 2.45) is 4.99 Å². The molecule has 0 spiro atoms. The number of nitrogens with zero attached hydrogens (tertiary/aromatic N) is 2. The number of benzene rings is 1. The molecule has 0 aliphatic rings. The summed E-state index contributed by atoms with van der Waals surface area (Å²) < 4.78 is 1.09. The van der Waals surface area contributed by atoms with Crippen molar-refractivity contribution in [1.82, 2.24) is 15.6 Å². The number of nitrogens with one attached hydrogen (secondary N) is 2. The van der Waals surface area contributed by atoms with E-state index < -0.39 is 0 Å². The highest BCUT2D eigenvalue weighted by atomic mass is 79.9. The number of aromatic nitrogens is 1. The first kappa shape index (κ1) is 17.0. The summed E-state index contributed by atoms with van der Waals surface area (Å²) in [5, 5.41) is 7.79. The van der Waals surface area contributed by atoms with E-state index in [0.717, 1.165) is 21.1 Å². The molecule has 0 amide bonds. The molecule has 0 fully saturated rings. The third-order valence-corrected chi connectivity index (χ3v) is 5.22. The van der Waals surface area contributed by atoms with Gasteiger partial charge in [-0.25, -0.2) is 4.98 Å². The van der Waals surface area contributed by atoms with Gasteiger partial charge in [0.05, 0.1) is 18.3 Å². The smallest absolute Gasteiger partial charge is 0.191 e. The van der Waals surface area contributed by atoms with E-state index >= 15 is 0 Å². The van der Waals surface area contributed by atoms with Gasteiger partial charge in [0.25, 0.3) is 0 Å². The molecule has 22 heavy (non-hydrogen) atoms. The number of rotatable bonds is 4. The van der Waals surface area contributed by atoms with Crippen LogP contribution in [0.15, 0.2) is 33.7 Å². The Morgan fingerprint density at radius 3 is 2.68 bits per heavy atom. The quantitative estimate of drug-likeness (QED) is 0.623. The van der Waals surface area contributed by atoms with Crippen LogP contribution in [0.5, 0.6) is 0 Å². The van der Waals surface area contributed by atoms with Crippen molar-refractivity contribution in [3.63, 3.8) is 0 Å². The van der Waals surface area contributed by atoms with E-state index in [1.807, 2.05) is 25.1 Å². The average Bonchev–Trinajstić information content (AvgIpc) is 2.82. The SMILES string of the molecule is CN=C(NCc1nc(C)c(C)s1)NC(C)c1ccccc1Br. The predicted octanol–water partition coefficient (Wildman–Crippen LogP) is 3.95. The molecule has 0 aliphatic carbocycles. The molecule has 118 valence electrons. The third kappa shape index (κ3) is 4.30. The summed E-state index contributed by atoms with van der Waals surface area (Å²) in [5.41, 5.74) is 2.30. The second-order valence-corrected chi connectivity index (χ2v) is 7.20. The van der Waals surface area contributed by atoms with Gasteiger partial charge in [-0.2, -0.15) is 0 Å². The molecule has 2 rings (SSSR count). The van der Waals surface area contributed by atoms with Gasteiger partial charge in [0.2, 0.25) is 0 Å². The minimum absolute atomic E-state index is 0.154. The Balaban J connectivity index is 1.96. The predicted molar refractivity (Wildman–Crippen MR) is 97.5 cm³/mol.